The van der Waals surface area contributed by atoms with Crippen molar-refractivity contribution in [3.8, 4) is 11.3 Å². The van der Waals surface area contributed by atoms with Gasteiger partial charge in [-0.2, -0.15) is 0 Å². The van der Waals surface area contributed by atoms with E-state index in [0.717, 1.165) is 35.5 Å². The highest BCUT2D eigenvalue weighted by Gasteiger charge is 2.23. The fourth-order valence-electron chi connectivity index (χ4n) is 3.15. The molecule has 5 heteroatoms. The van der Waals surface area contributed by atoms with Gasteiger partial charge >= 0.3 is 0 Å². The van der Waals surface area contributed by atoms with Crippen LogP contribution < -0.4 is 0 Å². The lowest BCUT2D eigenvalue weighted by Gasteiger charge is -2.34. The van der Waals surface area contributed by atoms with Crippen molar-refractivity contribution in [3.63, 3.8) is 0 Å². The number of β-amino-alcohol motifs (C(OH)–C–C–N with tert-alkyl or cyclic N) is 1. The van der Waals surface area contributed by atoms with Crippen LogP contribution in [-0.2, 0) is 0 Å². The molecule has 1 aromatic heterocycles. The fraction of sp³-hybridized carbons (Fsp3) is 0.368. The molecule has 126 valence electrons. The van der Waals surface area contributed by atoms with Gasteiger partial charge in [-0.25, -0.2) is 0 Å². The number of aliphatic hydroxyl groups is 1. The number of benzene rings is 1. The van der Waals surface area contributed by atoms with Crippen molar-refractivity contribution < 1.29 is 9.90 Å². The average molecular weight is 325 g/mol. The largest absolute Gasteiger partial charge is 0.395 e. The van der Waals surface area contributed by atoms with Gasteiger partial charge in [0.1, 0.15) is 0 Å². The highest BCUT2D eigenvalue weighted by Crippen LogP contribution is 2.25. The van der Waals surface area contributed by atoms with Crippen LogP contribution in [0.15, 0.2) is 42.6 Å². The van der Waals surface area contributed by atoms with Crippen molar-refractivity contribution in [2.75, 3.05) is 39.3 Å². The maximum atomic E-state index is 12.9. The predicted octanol–water partition coefficient (Wildman–Crippen LogP) is 1.81. The Bertz CT molecular complexity index is 695. The first-order valence-corrected chi connectivity index (χ1v) is 8.34. The molecule has 2 aromatic rings. The van der Waals surface area contributed by atoms with Gasteiger partial charge in [0, 0.05) is 50.0 Å². The molecule has 1 fully saturated rings. The zero-order chi connectivity index (χ0) is 16.9. The van der Waals surface area contributed by atoms with Crippen LogP contribution in [0.4, 0.5) is 0 Å². The molecule has 0 radical (unpaired) electrons. The molecule has 0 bridgehead atoms. The lowest BCUT2D eigenvalue weighted by molar-refractivity contribution is 0.0614. The van der Waals surface area contributed by atoms with Crippen molar-refractivity contribution in [2.45, 2.75) is 6.92 Å². The lowest BCUT2D eigenvalue weighted by atomic mass is 9.98. The zero-order valence-electron chi connectivity index (χ0n) is 14.0. The number of carbonyl (C=O) groups excluding carboxylic acids is 1. The summed E-state index contributed by atoms with van der Waals surface area (Å²) in [5, 5.41) is 9.02. The second-order valence-electron chi connectivity index (χ2n) is 6.05. The number of aromatic nitrogens is 1. The fourth-order valence-corrected chi connectivity index (χ4v) is 3.15. The van der Waals surface area contributed by atoms with Crippen LogP contribution in [0, 0.1) is 6.92 Å². The zero-order valence-corrected chi connectivity index (χ0v) is 14.0. The quantitative estimate of drug-likeness (QED) is 0.931. The van der Waals surface area contributed by atoms with Crippen LogP contribution in [0.5, 0.6) is 0 Å². The molecule has 1 amide bonds. The minimum Gasteiger partial charge on any atom is -0.395 e. The van der Waals surface area contributed by atoms with E-state index in [2.05, 4.69) is 9.88 Å². The monoisotopic (exact) mass is 325 g/mol. The molecule has 1 aliphatic heterocycles. The van der Waals surface area contributed by atoms with E-state index in [1.165, 1.54) is 0 Å². The topological polar surface area (TPSA) is 56.7 Å². The third-order valence-corrected chi connectivity index (χ3v) is 4.58. The van der Waals surface area contributed by atoms with Crippen molar-refractivity contribution in [1.82, 2.24) is 14.8 Å². The molecule has 0 saturated carbocycles. The highest BCUT2D eigenvalue weighted by atomic mass is 16.3. The van der Waals surface area contributed by atoms with Crippen LogP contribution in [0.2, 0.25) is 0 Å². The molecule has 0 atom stereocenters. The number of amides is 1. The van der Waals surface area contributed by atoms with Crippen LogP contribution >= 0.6 is 0 Å². The molecule has 3 rings (SSSR count). The number of rotatable bonds is 4. The molecule has 5 nitrogen and oxygen atoms in total. The van der Waals surface area contributed by atoms with Crippen molar-refractivity contribution in [3.05, 3.63) is 53.7 Å². The third-order valence-electron chi connectivity index (χ3n) is 4.58. The summed E-state index contributed by atoms with van der Waals surface area (Å²) in [4.78, 5) is 21.4. The molecule has 0 spiro atoms. The molecular formula is C19H23N3O2. The summed E-state index contributed by atoms with van der Waals surface area (Å²) in [5.41, 5.74) is 3.60. The molecule has 2 heterocycles. The molecule has 1 N–H and O–H groups in total. The maximum absolute atomic E-state index is 12.9. The Balaban J connectivity index is 1.79. The van der Waals surface area contributed by atoms with Gasteiger partial charge in [0.2, 0.25) is 0 Å². The second-order valence-corrected chi connectivity index (χ2v) is 6.05. The Kier molecular flexibility index (Phi) is 5.23. The van der Waals surface area contributed by atoms with Gasteiger partial charge in [-0.1, -0.05) is 18.2 Å². The number of carbonyl (C=O) groups is 1. The van der Waals surface area contributed by atoms with E-state index >= 15 is 0 Å². The number of hydrogen-bond acceptors (Lipinski definition) is 4. The van der Waals surface area contributed by atoms with E-state index < -0.39 is 0 Å². The Morgan fingerprint density at radius 3 is 2.58 bits per heavy atom. The number of hydrogen-bond donors (Lipinski definition) is 1. The van der Waals surface area contributed by atoms with E-state index in [1.807, 2.05) is 48.2 Å². The summed E-state index contributed by atoms with van der Waals surface area (Å²) < 4.78 is 0. The summed E-state index contributed by atoms with van der Waals surface area (Å²) in [5.74, 6) is 0.0777. The first kappa shape index (κ1) is 16.6. The standard InChI is InChI=1S/C19H23N3O2/c1-15-16(18-7-2-3-8-20-18)5-4-6-17(15)19(24)22-11-9-21(10-12-22)13-14-23/h2-8,23H,9-14H2,1H3. The first-order chi connectivity index (χ1) is 11.7. The van der Waals surface area contributed by atoms with Gasteiger partial charge in [0.05, 0.1) is 12.3 Å². The Morgan fingerprint density at radius 2 is 1.92 bits per heavy atom. The van der Waals surface area contributed by atoms with Crippen molar-refractivity contribution >= 4 is 5.91 Å². The smallest absolute Gasteiger partial charge is 0.254 e. The van der Waals surface area contributed by atoms with E-state index in [9.17, 15) is 4.79 Å². The van der Waals surface area contributed by atoms with Gasteiger partial charge in [-0.15, -0.1) is 0 Å². The number of nitrogens with zero attached hydrogens (tertiary/aromatic N) is 3. The Morgan fingerprint density at radius 1 is 1.12 bits per heavy atom. The first-order valence-electron chi connectivity index (χ1n) is 8.34. The summed E-state index contributed by atoms with van der Waals surface area (Å²) in [6.07, 6.45) is 1.77. The lowest BCUT2D eigenvalue weighted by Crippen LogP contribution is -2.49. The van der Waals surface area contributed by atoms with Gasteiger partial charge in [0.25, 0.3) is 5.91 Å². The average Bonchev–Trinajstić information content (AvgIpc) is 2.63. The predicted molar refractivity (Wildman–Crippen MR) is 93.8 cm³/mol. The maximum Gasteiger partial charge on any atom is 0.254 e. The van der Waals surface area contributed by atoms with Crippen LogP contribution in [0.1, 0.15) is 15.9 Å². The van der Waals surface area contributed by atoms with E-state index in [4.69, 9.17) is 5.11 Å². The molecule has 1 aromatic carbocycles. The molecule has 1 saturated heterocycles. The molecular weight excluding hydrogens is 302 g/mol. The molecule has 24 heavy (non-hydrogen) atoms. The number of pyridine rings is 1. The Labute approximate surface area is 142 Å². The van der Waals surface area contributed by atoms with Gasteiger partial charge in [-0.05, 0) is 30.7 Å². The van der Waals surface area contributed by atoms with Gasteiger partial charge in [-0.3, -0.25) is 14.7 Å². The van der Waals surface area contributed by atoms with E-state index in [1.54, 1.807) is 6.20 Å². The molecule has 1 aliphatic rings. The van der Waals surface area contributed by atoms with Crippen molar-refractivity contribution in [1.29, 1.82) is 0 Å². The van der Waals surface area contributed by atoms with E-state index in [0.29, 0.717) is 19.6 Å². The SMILES string of the molecule is Cc1c(C(=O)N2CCN(CCO)CC2)cccc1-c1ccccn1. The summed E-state index contributed by atoms with van der Waals surface area (Å²) >= 11 is 0. The molecule has 0 aliphatic carbocycles. The number of piperazine rings is 1. The van der Waals surface area contributed by atoms with E-state index in [-0.39, 0.29) is 12.5 Å². The summed E-state index contributed by atoms with van der Waals surface area (Å²) in [6, 6.07) is 11.6. The Hall–Kier alpha value is -2.24. The van der Waals surface area contributed by atoms with Crippen LogP contribution in [-0.4, -0.2) is 65.1 Å². The minimum absolute atomic E-state index is 0.0777. The second kappa shape index (κ2) is 7.55. The molecule has 0 unspecified atom stereocenters. The van der Waals surface area contributed by atoms with Crippen LogP contribution in [0.3, 0.4) is 0 Å². The third kappa shape index (κ3) is 3.47. The normalized spacial score (nSPS) is 15.5. The minimum atomic E-state index is 0.0777. The van der Waals surface area contributed by atoms with Gasteiger partial charge in [0.15, 0.2) is 0 Å². The summed E-state index contributed by atoms with van der Waals surface area (Å²) in [6.45, 7) is 5.85. The van der Waals surface area contributed by atoms with Crippen molar-refractivity contribution in [2.24, 2.45) is 0 Å². The summed E-state index contributed by atoms with van der Waals surface area (Å²) in [7, 11) is 0. The highest BCUT2D eigenvalue weighted by molar-refractivity contribution is 5.97. The number of aliphatic hydroxyl groups excluding tert-OH is 1. The van der Waals surface area contributed by atoms with Crippen LogP contribution in [0.25, 0.3) is 11.3 Å². The van der Waals surface area contributed by atoms with Gasteiger partial charge < -0.3 is 10.0 Å².